The number of carbonyl (C=O) groups is 1. The topological polar surface area (TPSA) is 78.7 Å². The summed E-state index contributed by atoms with van der Waals surface area (Å²) in [7, 11) is 0. The van der Waals surface area contributed by atoms with Crippen molar-refractivity contribution in [2.24, 2.45) is 5.41 Å². The van der Waals surface area contributed by atoms with Crippen LogP contribution in [0.3, 0.4) is 0 Å². The van der Waals surface area contributed by atoms with Gasteiger partial charge in [-0.25, -0.2) is 0 Å². The van der Waals surface area contributed by atoms with Crippen molar-refractivity contribution in [2.75, 3.05) is 6.54 Å². The molecule has 0 atom stereocenters. The van der Waals surface area contributed by atoms with Crippen molar-refractivity contribution in [2.45, 2.75) is 13.8 Å². The quantitative estimate of drug-likeness (QED) is 0.907. The highest BCUT2D eigenvalue weighted by atomic mass is 16.1. The van der Waals surface area contributed by atoms with Gasteiger partial charge in [-0.2, -0.15) is 5.26 Å². The van der Waals surface area contributed by atoms with E-state index in [1.807, 2.05) is 0 Å². The molecule has 1 aromatic carbocycles. The molecule has 1 aromatic heterocycles. The van der Waals surface area contributed by atoms with Crippen molar-refractivity contribution in [1.82, 2.24) is 15.3 Å². The van der Waals surface area contributed by atoms with E-state index in [9.17, 15) is 4.79 Å². The molecule has 1 heterocycles. The molecule has 19 heavy (non-hydrogen) atoms. The van der Waals surface area contributed by atoms with Crippen molar-refractivity contribution in [3.05, 3.63) is 36.2 Å². The van der Waals surface area contributed by atoms with E-state index in [0.29, 0.717) is 23.1 Å². The van der Waals surface area contributed by atoms with E-state index in [0.717, 1.165) is 0 Å². The van der Waals surface area contributed by atoms with Gasteiger partial charge in [-0.3, -0.25) is 14.8 Å². The molecule has 0 unspecified atom stereocenters. The second-order valence-electron chi connectivity index (χ2n) is 4.91. The second-order valence-corrected chi connectivity index (χ2v) is 4.91. The molecule has 2 rings (SSSR count). The van der Waals surface area contributed by atoms with Crippen LogP contribution in [-0.4, -0.2) is 22.4 Å². The molecule has 0 saturated carbocycles. The Morgan fingerprint density at radius 1 is 1.37 bits per heavy atom. The van der Waals surface area contributed by atoms with Crippen LogP contribution < -0.4 is 5.32 Å². The van der Waals surface area contributed by atoms with Crippen molar-refractivity contribution < 1.29 is 4.79 Å². The van der Waals surface area contributed by atoms with Gasteiger partial charge in [0.2, 0.25) is 0 Å². The summed E-state index contributed by atoms with van der Waals surface area (Å²) in [5.41, 5.74) is 1.12. The molecule has 0 aliphatic rings. The Morgan fingerprint density at radius 3 is 2.84 bits per heavy atom. The van der Waals surface area contributed by atoms with Gasteiger partial charge in [0.05, 0.1) is 22.6 Å². The fraction of sp³-hybridized carbons (Fsp3) is 0.286. The molecular weight excluding hydrogens is 240 g/mol. The van der Waals surface area contributed by atoms with Gasteiger partial charge in [0.15, 0.2) is 0 Å². The lowest BCUT2D eigenvalue weighted by atomic mass is 9.96. The van der Waals surface area contributed by atoms with Crippen molar-refractivity contribution in [1.29, 1.82) is 5.26 Å². The molecule has 0 fully saturated rings. The molecule has 5 nitrogen and oxygen atoms in total. The minimum absolute atomic E-state index is 0.241. The molecule has 1 amide bonds. The third kappa shape index (κ3) is 2.86. The average molecular weight is 254 g/mol. The number of benzene rings is 1. The molecule has 5 heteroatoms. The summed E-state index contributed by atoms with van der Waals surface area (Å²) in [4.78, 5) is 20.5. The Bertz CT molecular complexity index is 653. The van der Waals surface area contributed by atoms with E-state index in [1.54, 1.807) is 44.4 Å². The summed E-state index contributed by atoms with van der Waals surface area (Å²) < 4.78 is 0. The van der Waals surface area contributed by atoms with Gasteiger partial charge >= 0.3 is 0 Å². The van der Waals surface area contributed by atoms with Crippen LogP contribution in [0.4, 0.5) is 0 Å². The van der Waals surface area contributed by atoms with Gasteiger partial charge in [-0.15, -0.1) is 0 Å². The Balaban J connectivity index is 2.26. The van der Waals surface area contributed by atoms with Crippen LogP contribution in [0.2, 0.25) is 0 Å². The molecule has 1 N–H and O–H groups in total. The number of nitrogens with one attached hydrogen (secondary N) is 1. The van der Waals surface area contributed by atoms with E-state index in [-0.39, 0.29) is 5.91 Å². The second kappa shape index (κ2) is 5.02. The number of fused-ring (bicyclic) bond motifs is 1. The van der Waals surface area contributed by atoms with Crippen molar-refractivity contribution >= 4 is 16.9 Å². The lowest BCUT2D eigenvalue weighted by molar-refractivity contribution is 0.0945. The molecule has 0 bridgehead atoms. The average Bonchev–Trinajstić information content (AvgIpc) is 2.44. The van der Waals surface area contributed by atoms with Gasteiger partial charge in [-0.05, 0) is 26.0 Å². The first-order chi connectivity index (χ1) is 9.03. The molecular formula is C14H14N4O. The normalized spacial score (nSPS) is 11.0. The summed E-state index contributed by atoms with van der Waals surface area (Å²) in [6, 6.07) is 7.41. The molecule has 96 valence electrons. The molecule has 0 radical (unpaired) electrons. The predicted octanol–water partition coefficient (Wildman–Crippen LogP) is 1.91. The lowest BCUT2D eigenvalue weighted by Crippen LogP contribution is -2.33. The third-order valence-corrected chi connectivity index (χ3v) is 2.74. The van der Waals surface area contributed by atoms with Crippen LogP contribution >= 0.6 is 0 Å². The number of carbonyl (C=O) groups excluding carboxylic acids is 1. The van der Waals surface area contributed by atoms with Crippen LogP contribution in [-0.2, 0) is 0 Å². The van der Waals surface area contributed by atoms with E-state index in [1.165, 1.54) is 0 Å². The molecule has 2 aromatic rings. The fourth-order valence-electron chi connectivity index (χ4n) is 1.61. The van der Waals surface area contributed by atoms with E-state index in [4.69, 9.17) is 5.26 Å². The zero-order chi connectivity index (χ0) is 13.9. The van der Waals surface area contributed by atoms with Gasteiger partial charge in [0, 0.05) is 18.9 Å². The standard InChI is InChI=1S/C14H14N4O/c1-14(2,8-15)9-18-13(19)10-4-3-5-11-12(10)17-7-6-16-11/h3-7H,9H2,1-2H3,(H,18,19). The number of hydrogen-bond acceptors (Lipinski definition) is 4. The van der Waals surface area contributed by atoms with Gasteiger partial charge in [0.1, 0.15) is 5.52 Å². The van der Waals surface area contributed by atoms with Gasteiger partial charge < -0.3 is 5.32 Å². The third-order valence-electron chi connectivity index (χ3n) is 2.74. The summed E-state index contributed by atoms with van der Waals surface area (Å²) >= 11 is 0. The number of nitriles is 1. The highest BCUT2D eigenvalue weighted by Gasteiger charge is 2.19. The van der Waals surface area contributed by atoms with Crippen LogP contribution in [0.5, 0.6) is 0 Å². The number of nitrogens with zero attached hydrogens (tertiary/aromatic N) is 3. The number of hydrogen-bond donors (Lipinski definition) is 1. The summed E-state index contributed by atoms with van der Waals surface area (Å²) in [5.74, 6) is -0.241. The Labute approximate surface area is 111 Å². The zero-order valence-electron chi connectivity index (χ0n) is 10.8. The minimum Gasteiger partial charge on any atom is -0.350 e. The van der Waals surface area contributed by atoms with E-state index in [2.05, 4.69) is 21.4 Å². The maximum atomic E-state index is 12.1. The lowest BCUT2D eigenvalue weighted by Gasteiger charge is -2.16. The first-order valence-electron chi connectivity index (χ1n) is 5.93. The smallest absolute Gasteiger partial charge is 0.253 e. The Hall–Kier alpha value is -2.48. The molecule has 0 spiro atoms. The van der Waals surface area contributed by atoms with E-state index < -0.39 is 5.41 Å². The van der Waals surface area contributed by atoms with Crippen molar-refractivity contribution in [3.8, 4) is 6.07 Å². The van der Waals surface area contributed by atoms with Crippen LogP contribution in [0, 0.1) is 16.7 Å². The Kier molecular flexibility index (Phi) is 3.43. The fourth-order valence-corrected chi connectivity index (χ4v) is 1.61. The SMILES string of the molecule is CC(C)(C#N)CNC(=O)c1cccc2nccnc12. The summed E-state index contributed by atoms with van der Waals surface area (Å²) in [6.07, 6.45) is 3.14. The van der Waals surface area contributed by atoms with Gasteiger partial charge in [0.25, 0.3) is 5.91 Å². The largest absolute Gasteiger partial charge is 0.350 e. The molecule has 0 saturated heterocycles. The van der Waals surface area contributed by atoms with E-state index >= 15 is 0 Å². The van der Waals surface area contributed by atoms with Crippen molar-refractivity contribution in [3.63, 3.8) is 0 Å². The first-order valence-corrected chi connectivity index (χ1v) is 5.93. The highest BCUT2D eigenvalue weighted by Crippen LogP contribution is 2.15. The van der Waals surface area contributed by atoms with Crippen LogP contribution in [0.15, 0.2) is 30.6 Å². The number of rotatable bonds is 3. The van der Waals surface area contributed by atoms with Crippen LogP contribution in [0.1, 0.15) is 24.2 Å². The molecule has 0 aliphatic heterocycles. The summed E-state index contributed by atoms with van der Waals surface area (Å²) in [6.45, 7) is 3.84. The summed E-state index contributed by atoms with van der Waals surface area (Å²) in [5, 5.41) is 11.7. The van der Waals surface area contributed by atoms with Gasteiger partial charge in [-0.1, -0.05) is 6.07 Å². The number of para-hydroxylation sites is 1. The molecule has 0 aliphatic carbocycles. The Morgan fingerprint density at radius 2 is 2.11 bits per heavy atom. The number of aromatic nitrogens is 2. The minimum atomic E-state index is -0.591. The van der Waals surface area contributed by atoms with Crippen LogP contribution in [0.25, 0.3) is 11.0 Å². The predicted molar refractivity (Wildman–Crippen MR) is 71.3 cm³/mol. The highest BCUT2D eigenvalue weighted by molar-refractivity contribution is 6.04. The zero-order valence-corrected chi connectivity index (χ0v) is 10.8. The maximum absolute atomic E-state index is 12.1. The monoisotopic (exact) mass is 254 g/mol. The first kappa shape index (κ1) is 13.0. The number of amides is 1. The maximum Gasteiger partial charge on any atom is 0.253 e.